The zero-order valence-electron chi connectivity index (χ0n) is 12.8. The van der Waals surface area contributed by atoms with Crippen LogP contribution in [0.3, 0.4) is 0 Å². The minimum Gasteiger partial charge on any atom is -0.308 e. The molecule has 110 valence electrons. The van der Waals surface area contributed by atoms with Crippen LogP contribution in [-0.2, 0) is 0 Å². The Morgan fingerprint density at radius 2 is 1.79 bits per heavy atom. The van der Waals surface area contributed by atoms with Crippen molar-refractivity contribution in [3.05, 3.63) is 0 Å². The van der Waals surface area contributed by atoms with E-state index in [9.17, 15) is 0 Å². The van der Waals surface area contributed by atoms with Gasteiger partial charge in [0.1, 0.15) is 0 Å². The highest BCUT2D eigenvalue weighted by Gasteiger charge is 2.38. The van der Waals surface area contributed by atoms with E-state index in [1.54, 1.807) is 0 Å². The summed E-state index contributed by atoms with van der Waals surface area (Å²) in [5.41, 5.74) is 0.487. The minimum atomic E-state index is 0.487. The van der Waals surface area contributed by atoms with E-state index < -0.39 is 0 Å². The van der Waals surface area contributed by atoms with Crippen molar-refractivity contribution in [2.24, 2.45) is 5.92 Å². The highest BCUT2D eigenvalue weighted by Crippen LogP contribution is 2.33. The van der Waals surface area contributed by atoms with Crippen LogP contribution in [0.4, 0.5) is 0 Å². The van der Waals surface area contributed by atoms with Crippen LogP contribution in [0.25, 0.3) is 0 Å². The van der Waals surface area contributed by atoms with E-state index in [0.29, 0.717) is 5.54 Å². The lowest BCUT2D eigenvalue weighted by atomic mass is 9.79. The first kappa shape index (κ1) is 13.9. The molecule has 1 N–H and O–H groups in total. The minimum absolute atomic E-state index is 0.487. The van der Waals surface area contributed by atoms with Gasteiger partial charge in [-0.25, -0.2) is 0 Å². The van der Waals surface area contributed by atoms with Gasteiger partial charge in [-0.05, 0) is 38.6 Å². The summed E-state index contributed by atoms with van der Waals surface area (Å²) in [5.74, 6) is 1.05. The van der Waals surface area contributed by atoms with Crippen molar-refractivity contribution in [1.82, 2.24) is 10.2 Å². The van der Waals surface area contributed by atoms with Gasteiger partial charge < -0.3 is 5.32 Å². The first-order valence-electron chi connectivity index (χ1n) is 8.77. The fourth-order valence-electron chi connectivity index (χ4n) is 4.60. The molecule has 1 atom stereocenters. The van der Waals surface area contributed by atoms with Crippen LogP contribution in [0, 0.1) is 5.92 Å². The molecule has 2 nitrogen and oxygen atoms in total. The Morgan fingerprint density at radius 1 is 1.05 bits per heavy atom. The van der Waals surface area contributed by atoms with Gasteiger partial charge in [0.2, 0.25) is 0 Å². The summed E-state index contributed by atoms with van der Waals surface area (Å²) in [6.07, 6.45) is 14.6. The lowest BCUT2D eigenvalue weighted by molar-refractivity contribution is 0.0588. The Morgan fingerprint density at radius 3 is 2.53 bits per heavy atom. The lowest BCUT2D eigenvalue weighted by Gasteiger charge is -2.49. The van der Waals surface area contributed by atoms with Gasteiger partial charge in [-0.3, -0.25) is 4.90 Å². The zero-order chi connectivity index (χ0) is 13.1. The van der Waals surface area contributed by atoms with Gasteiger partial charge >= 0.3 is 0 Å². The van der Waals surface area contributed by atoms with Crippen LogP contribution >= 0.6 is 0 Å². The summed E-state index contributed by atoms with van der Waals surface area (Å²) in [4.78, 5) is 2.81. The molecule has 3 rings (SSSR count). The van der Waals surface area contributed by atoms with Crippen molar-refractivity contribution in [1.29, 1.82) is 0 Å². The molecule has 1 unspecified atom stereocenters. The second kappa shape index (κ2) is 6.13. The lowest BCUT2D eigenvalue weighted by Crippen LogP contribution is -2.64. The molecule has 0 aromatic rings. The van der Waals surface area contributed by atoms with E-state index >= 15 is 0 Å². The Kier molecular flexibility index (Phi) is 4.48. The van der Waals surface area contributed by atoms with Gasteiger partial charge in [0.05, 0.1) is 0 Å². The molecular formula is C17H32N2. The summed E-state index contributed by atoms with van der Waals surface area (Å²) in [6, 6.07) is 0.744. The fourth-order valence-corrected chi connectivity index (χ4v) is 4.60. The highest BCUT2D eigenvalue weighted by molar-refractivity contribution is 4.98. The third-order valence-corrected chi connectivity index (χ3v) is 6.01. The number of nitrogens with one attached hydrogen (secondary N) is 1. The number of hydrogen-bond donors (Lipinski definition) is 1. The first-order chi connectivity index (χ1) is 9.27. The van der Waals surface area contributed by atoms with E-state index in [0.717, 1.165) is 12.0 Å². The molecule has 0 amide bonds. The molecule has 1 heterocycles. The SMILES string of the molecule is CC1CNC2(CCCCC2)CN1CCC1CCCC1. The number of hydrogen-bond acceptors (Lipinski definition) is 2. The summed E-state index contributed by atoms with van der Waals surface area (Å²) >= 11 is 0. The molecule has 0 bridgehead atoms. The molecule has 0 aromatic carbocycles. The monoisotopic (exact) mass is 264 g/mol. The Labute approximate surface area is 119 Å². The first-order valence-corrected chi connectivity index (χ1v) is 8.77. The standard InChI is InChI=1S/C17H32N2/c1-15-13-18-17(10-5-2-6-11-17)14-19(15)12-9-16-7-3-4-8-16/h15-16,18H,2-14H2,1H3. The van der Waals surface area contributed by atoms with Crippen molar-refractivity contribution in [2.75, 3.05) is 19.6 Å². The maximum absolute atomic E-state index is 3.90. The summed E-state index contributed by atoms with van der Waals surface area (Å²) in [5, 5.41) is 3.90. The zero-order valence-corrected chi connectivity index (χ0v) is 12.8. The number of nitrogens with zero attached hydrogens (tertiary/aromatic N) is 1. The van der Waals surface area contributed by atoms with Gasteiger partial charge in [-0.15, -0.1) is 0 Å². The van der Waals surface area contributed by atoms with E-state index in [-0.39, 0.29) is 0 Å². The normalized spacial score (nSPS) is 33.0. The number of piperazine rings is 1. The van der Waals surface area contributed by atoms with E-state index in [2.05, 4.69) is 17.1 Å². The molecule has 3 aliphatic rings. The van der Waals surface area contributed by atoms with Gasteiger partial charge in [0.15, 0.2) is 0 Å². The Balaban J connectivity index is 1.53. The third kappa shape index (κ3) is 3.33. The summed E-state index contributed by atoms with van der Waals surface area (Å²) in [6.45, 7) is 6.30. The van der Waals surface area contributed by atoms with Crippen LogP contribution in [0.5, 0.6) is 0 Å². The molecule has 1 aliphatic heterocycles. The largest absolute Gasteiger partial charge is 0.308 e. The van der Waals surface area contributed by atoms with E-state index in [4.69, 9.17) is 0 Å². The Hall–Kier alpha value is -0.0800. The summed E-state index contributed by atoms with van der Waals surface area (Å²) < 4.78 is 0. The van der Waals surface area contributed by atoms with Gasteiger partial charge in [0, 0.05) is 24.7 Å². The van der Waals surface area contributed by atoms with Crippen LogP contribution in [0.15, 0.2) is 0 Å². The second-order valence-corrected chi connectivity index (χ2v) is 7.48. The average molecular weight is 264 g/mol. The molecule has 19 heavy (non-hydrogen) atoms. The Bertz CT molecular complexity index is 277. The highest BCUT2D eigenvalue weighted by atomic mass is 15.2. The van der Waals surface area contributed by atoms with E-state index in [1.807, 2.05) is 0 Å². The molecule has 3 fully saturated rings. The summed E-state index contributed by atoms with van der Waals surface area (Å²) in [7, 11) is 0. The molecule has 1 saturated heterocycles. The van der Waals surface area contributed by atoms with Crippen LogP contribution in [-0.4, -0.2) is 36.1 Å². The third-order valence-electron chi connectivity index (χ3n) is 6.01. The number of rotatable bonds is 3. The topological polar surface area (TPSA) is 15.3 Å². The van der Waals surface area contributed by atoms with Crippen molar-refractivity contribution in [3.63, 3.8) is 0 Å². The fraction of sp³-hybridized carbons (Fsp3) is 1.00. The van der Waals surface area contributed by atoms with E-state index in [1.165, 1.54) is 83.8 Å². The van der Waals surface area contributed by atoms with Crippen molar-refractivity contribution < 1.29 is 0 Å². The van der Waals surface area contributed by atoms with Gasteiger partial charge in [-0.1, -0.05) is 44.9 Å². The van der Waals surface area contributed by atoms with Crippen molar-refractivity contribution in [3.8, 4) is 0 Å². The van der Waals surface area contributed by atoms with Crippen LogP contribution < -0.4 is 5.32 Å². The molecule has 2 saturated carbocycles. The maximum atomic E-state index is 3.90. The molecule has 0 aromatic heterocycles. The molecular weight excluding hydrogens is 232 g/mol. The molecule has 0 radical (unpaired) electrons. The predicted molar refractivity (Wildman–Crippen MR) is 81.4 cm³/mol. The van der Waals surface area contributed by atoms with Crippen LogP contribution in [0.1, 0.15) is 71.1 Å². The van der Waals surface area contributed by atoms with Crippen molar-refractivity contribution in [2.45, 2.75) is 82.7 Å². The predicted octanol–water partition coefficient (Wildman–Crippen LogP) is 3.56. The second-order valence-electron chi connectivity index (χ2n) is 7.48. The van der Waals surface area contributed by atoms with Gasteiger partial charge in [0.25, 0.3) is 0 Å². The smallest absolute Gasteiger partial charge is 0.0309 e. The van der Waals surface area contributed by atoms with Crippen molar-refractivity contribution >= 4 is 0 Å². The van der Waals surface area contributed by atoms with Crippen LogP contribution in [0.2, 0.25) is 0 Å². The average Bonchev–Trinajstić information content (AvgIpc) is 2.94. The quantitative estimate of drug-likeness (QED) is 0.838. The maximum Gasteiger partial charge on any atom is 0.0309 e. The molecule has 2 aliphatic carbocycles. The molecule has 2 heteroatoms. The van der Waals surface area contributed by atoms with Gasteiger partial charge in [-0.2, -0.15) is 0 Å². The molecule has 1 spiro atoms.